The molecule has 0 radical (unpaired) electrons. The first kappa shape index (κ1) is 17.9. The SMILES string of the molecule is CCCCN(c1ccccc1)S(=O)(=O)N(C)CCCNC. The van der Waals surface area contributed by atoms with Gasteiger partial charge in [-0.1, -0.05) is 31.5 Å². The van der Waals surface area contributed by atoms with Crippen molar-refractivity contribution in [3.05, 3.63) is 30.3 Å². The summed E-state index contributed by atoms with van der Waals surface area (Å²) >= 11 is 0. The third-order valence-corrected chi connectivity index (χ3v) is 5.25. The summed E-state index contributed by atoms with van der Waals surface area (Å²) in [6.07, 6.45) is 2.60. The van der Waals surface area contributed by atoms with E-state index in [-0.39, 0.29) is 0 Å². The average Bonchev–Trinajstić information content (AvgIpc) is 2.48. The quantitative estimate of drug-likeness (QED) is 0.673. The minimum atomic E-state index is -3.47. The van der Waals surface area contributed by atoms with Gasteiger partial charge in [0.25, 0.3) is 0 Å². The van der Waals surface area contributed by atoms with Crippen LogP contribution in [0.1, 0.15) is 26.2 Å². The second kappa shape index (κ2) is 9.02. The summed E-state index contributed by atoms with van der Waals surface area (Å²) < 4.78 is 28.5. The van der Waals surface area contributed by atoms with E-state index in [2.05, 4.69) is 12.2 Å². The Bertz CT molecular complexity index is 491. The van der Waals surface area contributed by atoms with Crippen molar-refractivity contribution in [2.24, 2.45) is 0 Å². The molecule has 1 rings (SSSR count). The summed E-state index contributed by atoms with van der Waals surface area (Å²) in [6, 6.07) is 9.31. The topological polar surface area (TPSA) is 52.7 Å². The predicted octanol–water partition coefficient (Wildman–Crippen LogP) is 2.08. The highest BCUT2D eigenvalue weighted by molar-refractivity contribution is 7.90. The van der Waals surface area contributed by atoms with Gasteiger partial charge in [0.2, 0.25) is 0 Å². The van der Waals surface area contributed by atoms with Crippen molar-refractivity contribution in [3.63, 3.8) is 0 Å². The van der Waals surface area contributed by atoms with Crippen LogP contribution in [-0.4, -0.2) is 46.5 Å². The Morgan fingerprint density at radius 3 is 2.33 bits per heavy atom. The molecule has 0 aliphatic heterocycles. The Labute approximate surface area is 129 Å². The predicted molar refractivity (Wildman–Crippen MR) is 88.8 cm³/mol. The first-order chi connectivity index (χ1) is 10.0. The van der Waals surface area contributed by atoms with E-state index in [0.717, 1.165) is 31.5 Å². The molecule has 0 aliphatic carbocycles. The van der Waals surface area contributed by atoms with E-state index in [1.165, 1.54) is 8.61 Å². The van der Waals surface area contributed by atoms with Crippen molar-refractivity contribution in [2.45, 2.75) is 26.2 Å². The largest absolute Gasteiger partial charge is 0.320 e. The van der Waals surface area contributed by atoms with Crippen LogP contribution in [0.5, 0.6) is 0 Å². The molecule has 0 saturated heterocycles. The molecule has 21 heavy (non-hydrogen) atoms. The lowest BCUT2D eigenvalue weighted by Crippen LogP contribution is -2.43. The Balaban J connectivity index is 2.90. The van der Waals surface area contributed by atoms with Crippen molar-refractivity contribution in [1.29, 1.82) is 0 Å². The van der Waals surface area contributed by atoms with Gasteiger partial charge >= 0.3 is 10.2 Å². The fourth-order valence-corrected chi connectivity index (χ4v) is 3.48. The van der Waals surface area contributed by atoms with Crippen LogP contribution < -0.4 is 9.62 Å². The summed E-state index contributed by atoms with van der Waals surface area (Å²) in [5.74, 6) is 0. The zero-order valence-electron chi connectivity index (χ0n) is 13.2. The fourth-order valence-electron chi connectivity index (χ4n) is 2.04. The number of nitrogens with zero attached hydrogens (tertiary/aromatic N) is 2. The normalized spacial score (nSPS) is 11.8. The molecule has 5 nitrogen and oxygen atoms in total. The Morgan fingerprint density at radius 2 is 1.76 bits per heavy atom. The van der Waals surface area contributed by atoms with E-state index in [1.54, 1.807) is 7.05 Å². The molecule has 1 N–H and O–H groups in total. The standard InChI is InChI=1S/C15H27N3O2S/c1-4-5-14-18(15-10-7-6-8-11-15)21(19,20)17(3)13-9-12-16-2/h6-8,10-11,16H,4-5,9,12-14H2,1-3H3. The van der Waals surface area contributed by atoms with Gasteiger partial charge in [-0.2, -0.15) is 12.7 Å². The summed E-state index contributed by atoms with van der Waals surface area (Å²) in [5.41, 5.74) is 0.728. The van der Waals surface area contributed by atoms with Crippen LogP contribution in [0.3, 0.4) is 0 Å². The molecular weight excluding hydrogens is 286 g/mol. The highest BCUT2D eigenvalue weighted by Gasteiger charge is 2.26. The zero-order chi connectivity index (χ0) is 15.7. The number of anilines is 1. The van der Waals surface area contributed by atoms with E-state index in [4.69, 9.17) is 0 Å². The number of unbranched alkanes of at least 4 members (excludes halogenated alkanes) is 1. The van der Waals surface area contributed by atoms with E-state index in [0.29, 0.717) is 13.1 Å². The van der Waals surface area contributed by atoms with Crippen molar-refractivity contribution in [3.8, 4) is 0 Å². The number of hydrogen-bond acceptors (Lipinski definition) is 3. The van der Waals surface area contributed by atoms with Crippen molar-refractivity contribution in [1.82, 2.24) is 9.62 Å². The summed E-state index contributed by atoms with van der Waals surface area (Å²) in [7, 11) is 0.0449. The summed E-state index contributed by atoms with van der Waals surface area (Å²) in [5, 5.41) is 3.03. The highest BCUT2D eigenvalue weighted by Crippen LogP contribution is 2.20. The molecule has 0 fully saturated rings. The highest BCUT2D eigenvalue weighted by atomic mass is 32.2. The zero-order valence-corrected chi connectivity index (χ0v) is 14.1. The maximum absolute atomic E-state index is 12.8. The van der Waals surface area contributed by atoms with Crippen LogP contribution in [-0.2, 0) is 10.2 Å². The fraction of sp³-hybridized carbons (Fsp3) is 0.600. The lowest BCUT2D eigenvalue weighted by molar-refractivity contribution is 0.454. The molecule has 0 aliphatic rings. The Hall–Kier alpha value is -1.11. The number of hydrogen-bond donors (Lipinski definition) is 1. The van der Waals surface area contributed by atoms with E-state index in [1.807, 2.05) is 37.4 Å². The van der Waals surface area contributed by atoms with Crippen LogP contribution in [0.25, 0.3) is 0 Å². The van der Waals surface area contributed by atoms with Crippen molar-refractivity contribution in [2.75, 3.05) is 38.0 Å². The minimum absolute atomic E-state index is 0.513. The maximum atomic E-state index is 12.8. The van der Waals surface area contributed by atoms with Crippen LogP contribution in [0.2, 0.25) is 0 Å². The van der Waals surface area contributed by atoms with Gasteiger partial charge in [0.1, 0.15) is 0 Å². The lowest BCUT2D eigenvalue weighted by atomic mass is 10.3. The number of benzene rings is 1. The molecule has 0 unspecified atom stereocenters. The van der Waals surface area contributed by atoms with Crippen LogP contribution >= 0.6 is 0 Å². The number of rotatable bonds is 10. The van der Waals surface area contributed by atoms with Crippen molar-refractivity contribution >= 4 is 15.9 Å². The minimum Gasteiger partial charge on any atom is -0.320 e. The molecule has 1 aromatic rings. The molecule has 0 atom stereocenters. The van der Waals surface area contributed by atoms with Gasteiger partial charge in [-0.25, -0.2) is 0 Å². The second-order valence-electron chi connectivity index (χ2n) is 5.05. The molecule has 0 saturated carbocycles. The van der Waals surface area contributed by atoms with Crippen LogP contribution in [0, 0.1) is 0 Å². The average molecular weight is 313 g/mol. The molecule has 6 heteroatoms. The molecule has 120 valence electrons. The van der Waals surface area contributed by atoms with Gasteiger partial charge in [0, 0.05) is 20.1 Å². The molecule has 0 aromatic heterocycles. The van der Waals surface area contributed by atoms with Gasteiger partial charge in [-0.3, -0.25) is 4.31 Å². The maximum Gasteiger partial charge on any atom is 0.303 e. The van der Waals surface area contributed by atoms with Crippen LogP contribution in [0.4, 0.5) is 5.69 Å². The molecule has 0 amide bonds. The smallest absolute Gasteiger partial charge is 0.303 e. The van der Waals surface area contributed by atoms with Gasteiger partial charge in [0.05, 0.1) is 5.69 Å². The molecular formula is C15H27N3O2S. The first-order valence-electron chi connectivity index (χ1n) is 7.47. The third-order valence-electron chi connectivity index (χ3n) is 3.33. The molecule has 0 heterocycles. The van der Waals surface area contributed by atoms with E-state index >= 15 is 0 Å². The molecule has 1 aromatic carbocycles. The number of nitrogens with one attached hydrogen (secondary N) is 1. The molecule has 0 bridgehead atoms. The number of para-hydroxylation sites is 1. The van der Waals surface area contributed by atoms with Gasteiger partial charge in [-0.15, -0.1) is 0 Å². The van der Waals surface area contributed by atoms with E-state index in [9.17, 15) is 8.42 Å². The monoisotopic (exact) mass is 313 g/mol. The third kappa shape index (κ3) is 5.30. The summed E-state index contributed by atoms with van der Waals surface area (Å²) in [6.45, 7) is 3.89. The first-order valence-corrected chi connectivity index (χ1v) is 8.87. The van der Waals surface area contributed by atoms with Gasteiger partial charge in [0.15, 0.2) is 0 Å². The second-order valence-corrected chi connectivity index (χ2v) is 7.01. The van der Waals surface area contributed by atoms with Gasteiger partial charge < -0.3 is 5.32 Å². The van der Waals surface area contributed by atoms with E-state index < -0.39 is 10.2 Å². The Kier molecular flexibility index (Phi) is 7.71. The van der Waals surface area contributed by atoms with Gasteiger partial charge in [-0.05, 0) is 38.6 Å². The summed E-state index contributed by atoms with van der Waals surface area (Å²) in [4.78, 5) is 0. The van der Waals surface area contributed by atoms with Crippen molar-refractivity contribution < 1.29 is 8.42 Å². The lowest BCUT2D eigenvalue weighted by Gasteiger charge is -2.29. The Morgan fingerprint density at radius 1 is 1.10 bits per heavy atom. The van der Waals surface area contributed by atoms with Crippen LogP contribution in [0.15, 0.2) is 30.3 Å². The molecule has 0 spiro atoms.